The van der Waals surface area contributed by atoms with Gasteiger partial charge in [0.25, 0.3) is 5.91 Å². The monoisotopic (exact) mass is 346 g/mol. The summed E-state index contributed by atoms with van der Waals surface area (Å²) in [4.78, 5) is 16.8. The van der Waals surface area contributed by atoms with Crippen LogP contribution in [0.5, 0.6) is 0 Å². The summed E-state index contributed by atoms with van der Waals surface area (Å²) < 4.78 is 19.3. The lowest BCUT2D eigenvalue weighted by atomic mass is 9.86. The first-order valence-electron chi connectivity index (χ1n) is 9.59. The van der Waals surface area contributed by atoms with Gasteiger partial charge in [-0.05, 0) is 56.5 Å². The van der Waals surface area contributed by atoms with E-state index in [-0.39, 0.29) is 23.9 Å². The number of ether oxygens (including phenoxy) is 1. The van der Waals surface area contributed by atoms with E-state index in [4.69, 9.17) is 4.74 Å². The van der Waals surface area contributed by atoms with Crippen LogP contribution in [0, 0.1) is 5.82 Å². The molecule has 1 unspecified atom stereocenters. The van der Waals surface area contributed by atoms with Crippen molar-refractivity contribution < 1.29 is 13.9 Å². The van der Waals surface area contributed by atoms with Crippen LogP contribution in [-0.4, -0.2) is 48.7 Å². The highest BCUT2D eigenvalue weighted by Crippen LogP contribution is 2.34. The van der Waals surface area contributed by atoms with Gasteiger partial charge >= 0.3 is 0 Å². The molecule has 4 nitrogen and oxygen atoms in total. The molecule has 2 heterocycles. The number of halogens is 1. The largest absolute Gasteiger partial charge is 0.362 e. The Morgan fingerprint density at radius 1 is 1.04 bits per heavy atom. The number of rotatable bonds is 2. The molecule has 0 aromatic heterocycles. The average molecular weight is 346 g/mol. The van der Waals surface area contributed by atoms with Crippen molar-refractivity contribution in [2.24, 2.45) is 0 Å². The van der Waals surface area contributed by atoms with Crippen molar-refractivity contribution in [2.75, 3.05) is 31.1 Å². The van der Waals surface area contributed by atoms with Gasteiger partial charge < -0.3 is 9.64 Å². The van der Waals surface area contributed by atoms with E-state index >= 15 is 0 Å². The Morgan fingerprint density at radius 3 is 2.56 bits per heavy atom. The highest BCUT2D eigenvalue weighted by molar-refractivity contribution is 5.95. The Morgan fingerprint density at radius 2 is 1.80 bits per heavy atom. The molecule has 1 saturated carbocycles. The van der Waals surface area contributed by atoms with Crippen LogP contribution < -0.4 is 4.90 Å². The number of hydrogen-bond donors (Lipinski definition) is 0. The maximum Gasteiger partial charge on any atom is 0.253 e. The molecule has 2 aliphatic heterocycles. The maximum absolute atomic E-state index is 13.2. The topological polar surface area (TPSA) is 32.8 Å². The van der Waals surface area contributed by atoms with E-state index < -0.39 is 0 Å². The van der Waals surface area contributed by atoms with Crippen LogP contribution in [0.15, 0.2) is 24.3 Å². The minimum Gasteiger partial charge on any atom is -0.362 e. The van der Waals surface area contributed by atoms with Crippen LogP contribution in [0.2, 0.25) is 0 Å². The van der Waals surface area contributed by atoms with Gasteiger partial charge in [0.05, 0.1) is 12.1 Å². The fraction of sp³-hybridized carbons (Fsp3) is 0.650. The van der Waals surface area contributed by atoms with E-state index in [9.17, 15) is 9.18 Å². The Balaban J connectivity index is 1.50. The molecule has 1 aliphatic carbocycles. The molecule has 0 radical (unpaired) electrons. The standard InChI is InChI=1S/C20H27FN2O2/c21-16-7-9-18(10-8-16)23-15-20(25-13-19(23)24)11-4-12-22(14-20)17-5-2-1-3-6-17/h7-10,17H,1-6,11-15H2. The molecule has 136 valence electrons. The summed E-state index contributed by atoms with van der Waals surface area (Å²) in [6.07, 6.45) is 8.69. The molecule has 3 fully saturated rings. The average Bonchev–Trinajstić information content (AvgIpc) is 2.66. The number of anilines is 1. The number of carbonyl (C=O) groups excluding carboxylic acids is 1. The number of carbonyl (C=O) groups is 1. The second-order valence-corrected chi connectivity index (χ2v) is 7.79. The number of morpholine rings is 1. The normalized spacial score (nSPS) is 29.3. The van der Waals surface area contributed by atoms with E-state index in [1.807, 2.05) is 0 Å². The molecule has 4 rings (SSSR count). The van der Waals surface area contributed by atoms with E-state index in [2.05, 4.69) is 4.90 Å². The van der Waals surface area contributed by atoms with Gasteiger partial charge in [0.1, 0.15) is 12.4 Å². The summed E-state index contributed by atoms with van der Waals surface area (Å²) in [7, 11) is 0. The second kappa shape index (κ2) is 7.04. The molecule has 1 aromatic rings. The van der Waals surface area contributed by atoms with Crippen molar-refractivity contribution in [3.05, 3.63) is 30.1 Å². The Labute approximate surface area is 148 Å². The SMILES string of the molecule is O=C1COC2(CCCN(C3CCCCC3)C2)CN1c1ccc(F)cc1. The summed E-state index contributed by atoms with van der Waals surface area (Å²) in [5, 5.41) is 0. The molecule has 3 aliphatic rings. The molecule has 5 heteroatoms. The molecule has 0 N–H and O–H groups in total. The van der Waals surface area contributed by atoms with Gasteiger partial charge in [0.15, 0.2) is 0 Å². The minimum absolute atomic E-state index is 0.0352. The van der Waals surface area contributed by atoms with E-state index in [0.717, 1.165) is 31.6 Å². The zero-order chi connectivity index (χ0) is 17.3. The van der Waals surface area contributed by atoms with Gasteiger partial charge in [0.2, 0.25) is 0 Å². The minimum atomic E-state index is -0.280. The first-order valence-corrected chi connectivity index (χ1v) is 9.59. The van der Waals surface area contributed by atoms with E-state index in [0.29, 0.717) is 12.6 Å². The molecule has 1 aromatic carbocycles. The lowest BCUT2D eigenvalue weighted by Crippen LogP contribution is -2.62. The van der Waals surface area contributed by atoms with Crippen LogP contribution in [0.4, 0.5) is 10.1 Å². The van der Waals surface area contributed by atoms with Crippen LogP contribution in [0.3, 0.4) is 0 Å². The van der Waals surface area contributed by atoms with Gasteiger partial charge in [-0.15, -0.1) is 0 Å². The molecule has 1 atom stereocenters. The summed E-state index contributed by atoms with van der Waals surface area (Å²) in [5.41, 5.74) is 0.488. The number of likely N-dealkylation sites (tertiary alicyclic amines) is 1. The van der Waals surface area contributed by atoms with Crippen molar-refractivity contribution in [3.63, 3.8) is 0 Å². The van der Waals surface area contributed by atoms with Gasteiger partial charge in [-0.1, -0.05) is 19.3 Å². The summed E-state index contributed by atoms with van der Waals surface area (Å²) >= 11 is 0. The van der Waals surface area contributed by atoms with Crippen LogP contribution in [0.1, 0.15) is 44.9 Å². The zero-order valence-electron chi connectivity index (χ0n) is 14.8. The van der Waals surface area contributed by atoms with E-state index in [1.54, 1.807) is 17.0 Å². The molecule has 25 heavy (non-hydrogen) atoms. The smallest absolute Gasteiger partial charge is 0.253 e. The molecule has 0 bridgehead atoms. The fourth-order valence-electron chi connectivity index (χ4n) is 4.71. The highest BCUT2D eigenvalue weighted by Gasteiger charge is 2.44. The molecular formula is C20H27FN2O2. The number of hydrogen-bond acceptors (Lipinski definition) is 3. The molecule has 2 saturated heterocycles. The summed E-state index contributed by atoms with van der Waals surface area (Å²) in [5.74, 6) is -0.313. The highest BCUT2D eigenvalue weighted by atomic mass is 19.1. The van der Waals surface area contributed by atoms with Gasteiger partial charge in [-0.2, -0.15) is 0 Å². The number of benzene rings is 1. The van der Waals surface area contributed by atoms with Crippen molar-refractivity contribution in [1.82, 2.24) is 4.90 Å². The number of amides is 1. The van der Waals surface area contributed by atoms with Crippen molar-refractivity contribution in [1.29, 1.82) is 0 Å². The number of piperidine rings is 1. The van der Waals surface area contributed by atoms with Crippen molar-refractivity contribution >= 4 is 11.6 Å². The number of nitrogens with zero attached hydrogens (tertiary/aromatic N) is 2. The van der Waals surface area contributed by atoms with Crippen LogP contribution in [0.25, 0.3) is 0 Å². The van der Waals surface area contributed by atoms with Crippen LogP contribution in [-0.2, 0) is 9.53 Å². The fourth-order valence-corrected chi connectivity index (χ4v) is 4.71. The quantitative estimate of drug-likeness (QED) is 0.823. The summed E-state index contributed by atoms with van der Waals surface area (Å²) in [6.45, 7) is 2.74. The lowest BCUT2D eigenvalue weighted by Gasteiger charge is -2.50. The van der Waals surface area contributed by atoms with Gasteiger partial charge in [-0.3, -0.25) is 9.69 Å². The van der Waals surface area contributed by atoms with Crippen molar-refractivity contribution in [2.45, 2.75) is 56.6 Å². The third kappa shape index (κ3) is 3.58. The lowest BCUT2D eigenvalue weighted by molar-refractivity contribution is -0.148. The Bertz CT molecular complexity index is 615. The zero-order valence-corrected chi connectivity index (χ0v) is 14.8. The molecule has 1 amide bonds. The first kappa shape index (κ1) is 17.0. The summed E-state index contributed by atoms with van der Waals surface area (Å²) in [6, 6.07) is 6.88. The van der Waals surface area contributed by atoms with Crippen molar-refractivity contribution in [3.8, 4) is 0 Å². The third-order valence-corrected chi connectivity index (χ3v) is 6.05. The first-order chi connectivity index (χ1) is 12.2. The predicted molar refractivity (Wildman–Crippen MR) is 95.1 cm³/mol. The Hall–Kier alpha value is -1.46. The molecular weight excluding hydrogens is 319 g/mol. The van der Waals surface area contributed by atoms with Crippen LogP contribution >= 0.6 is 0 Å². The van der Waals surface area contributed by atoms with E-state index in [1.165, 1.54) is 44.2 Å². The predicted octanol–water partition coefficient (Wildman–Crippen LogP) is 3.36. The van der Waals surface area contributed by atoms with Gasteiger partial charge in [0, 0.05) is 18.3 Å². The molecule has 1 spiro atoms. The third-order valence-electron chi connectivity index (χ3n) is 6.05. The Kier molecular flexibility index (Phi) is 4.78. The van der Waals surface area contributed by atoms with Gasteiger partial charge in [-0.25, -0.2) is 4.39 Å². The maximum atomic E-state index is 13.2. The second-order valence-electron chi connectivity index (χ2n) is 7.79.